The molecule has 0 saturated heterocycles. The lowest BCUT2D eigenvalue weighted by Gasteiger charge is -2.14. The average molecular weight is 269 g/mol. The molecule has 0 aliphatic heterocycles. The first-order valence-electron chi connectivity index (χ1n) is 4.79. The summed E-state index contributed by atoms with van der Waals surface area (Å²) in [6.45, 7) is 3.38. The molecular formula is C11H9F6N. The summed E-state index contributed by atoms with van der Waals surface area (Å²) in [6.07, 6.45) is -8.33. The summed E-state index contributed by atoms with van der Waals surface area (Å²) in [5.74, 6) is 0. The number of hydrogen-bond acceptors (Lipinski definition) is 1. The van der Waals surface area contributed by atoms with Crippen molar-refractivity contribution in [3.63, 3.8) is 0 Å². The van der Waals surface area contributed by atoms with Gasteiger partial charge in [0.2, 0.25) is 0 Å². The molecule has 0 aliphatic rings. The number of hydrogen-bond donors (Lipinski definition) is 1. The van der Waals surface area contributed by atoms with Gasteiger partial charge in [-0.25, -0.2) is 0 Å². The molecule has 0 fully saturated rings. The zero-order valence-electron chi connectivity index (χ0n) is 8.99. The molecule has 0 aliphatic carbocycles. The van der Waals surface area contributed by atoms with Gasteiger partial charge in [-0.15, -0.1) is 6.58 Å². The van der Waals surface area contributed by atoms with Crippen LogP contribution in [0.1, 0.15) is 11.1 Å². The third-order valence-electron chi connectivity index (χ3n) is 2.04. The van der Waals surface area contributed by atoms with Crippen molar-refractivity contribution in [1.29, 1.82) is 0 Å². The Labute approximate surface area is 99.1 Å². The van der Waals surface area contributed by atoms with Crippen LogP contribution in [0.25, 0.3) is 0 Å². The molecule has 0 saturated carbocycles. The summed E-state index contributed by atoms with van der Waals surface area (Å²) in [7, 11) is 0. The molecule has 100 valence electrons. The van der Waals surface area contributed by atoms with E-state index in [0.717, 1.165) is 0 Å². The Kier molecular flexibility index (Phi) is 3.93. The third kappa shape index (κ3) is 3.68. The Morgan fingerprint density at radius 1 is 0.944 bits per heavy atom. The highest BCUT2D eigenvalue weighted by Crippen LogP contribution is 2.37. The van der Waals surface area contributed by atoms with Crippen LogP contribution in [0.5, 0.6) is 0 Å². The van der Waals surface area contributed by atoms with Gasteiger partial charge in [-0.05, 0) is 18.2 Å². The van der Waals surface area contributed by atoms with Gasteiger partial charge in [0.05, 0.1) is 11.1 Å². The summed E-state index contributed by atoms with van der Waals surface area (Å²) >= 11 is 0. The molecule has 0 atom stereocenters. The van der Waals surface area contributed by atoms with Crippen molar-refractivity contribution in [3.05, 3.63) is 42.0 Å². The van der Waals surface area contributed by atoms with Crippen LogP contribution < -0.4 is 5.32 Å². The predicted molar refractivity (Wildman–Crippen MR) is 55.1 cm³/mol. The highest BCUT2D eigenvalue weighted by molar-refractivity contribution is 5.50. The van der Waals surface area contributed by atoms with E-state index >= 15 is 0 Å². The van der Waals surface area contributed by atoms with E-state index < -0.39 is 23.5 Å². The third-order valence-corrected chi connectivity index (χ3v) is 2.04. The van der Waals surface area contributed by atoms with Crippen molar-refractivity contribution in [2.24, 2.45) is 0 Å². The van der Waals surface area contributed by atoms with Crippen LogP contribution in [0, 0.1) is 0 Å². The molecule has 1 rings (SSSR count). The second kappa shape index (κ2) is 4.91. The maximum atomic E-state index is 12.4. The largest absolute Gasteiger partial charge is 0.416 e. The Hall–Kier alpha value is -1.66. The van der Waals surface area contributed by atoms with Crippen molar-refractivity contribution in [2.45, 2.75) is 12.4 Å². The van der Waals surface area contributed by atoms with Crippen LogP contribution in [-0.2, 0) is 12.4 Å². The predicted octanol–water partition coefficient (Wildman–Crippen LogP) is 4.32. The number of benzene rings is 1. The first kappa shape index (κ1) is 14.4. The smallest absolute Gasteiger partial charge is 0.382 e. The molecule has 0 spiro atoms. The lowest BCUT2D eigenvalue weighted by Crippen LogP contribution is -2.12. The number of nitrogens with one attached hydrogen (secondary N) is 1. The number of halogens is 6. The van der Waals surface area contributed by atoms with E-state index in [1.165, 1.54) is 6.08 Å². The topological polar surface area (TPSA) is 12.0 Å². The number of anilines is 1. The van der Waals surface area contributed by atoms with Gasteiger partial charge < -0.3 is 5.32 Å². The minimum absolute atomic E-state index is 0.0681. The summed E-state index contributed by atoms with van der Waals surface area (Å²) in [5.41, 5.74) is -2.94. The second-order valence-corrected chi connectivity index (χ2v) is 3.46. The van der Waals surface area contributed by atoms with Gasteiger partial charge in [-0.1, -0.05) is 6.08 Å². The van der Waals surface area contributed by atoms with E-state index in [4.69, 9.17) is 0 Å². The number of rotatable bonds is 3. The minimum Gasteiger partial charge on any atom is -0.382 e. The van der Waals surface area contributed by atoms with Gasteiger partial charge in [-0.3, -0.25) is 0 Å². The summed E-state index contributed by atoms with van der Waals surface area (Å²) in [4.78, 5) is 0. The molecule has 0 unspecified atom stereocenters. The zero-order valence-corrected chi connectivity index (χ0v) is 8.99. The number of alkyl halides is 6. The van der Waals surface area contributed by atoms with Crippen molar-refractivity contribution in [2.75, 3.05) is 11.9 Å². The molecule has 0 bridgehead atoms. The van der Waals surface area contributed by atoms with Gasteiger partial charge in [0.1, 0.15) is 0 Å². The van der Waals surface area contributed by atoms with Crippen LogP contribution in [0.2, 0.25) is 0 Å². The summed E-state index contributed by atoms with van der Waals surface area (Å²) < 4.78 is 74.7. The van der Waals surface area contributed by atoms with E-state index in [1.54, 1.807) is 0 Å². The Bertz CT molecular complexity index is 400. The standard InChI is InChI=1S/C11H9F6N/c1-2-3-18-9-5-7(10(12,13)14)4-8(6-9)11(15,16)17/h2,4-6,18H,1,3H2. The van der Waals surface area contributed by atoms with E-state index in [0.29, 0.717) is 12.1 Å². The van der Waals surface area contributed by atoms with E-state index in [-0.39, 0.29) is 18.3 Å². The fourth-order valence-corrected chi connectivity index (χ4v) is 1.25. The fourth-order valence-electron chi connectivity index (χ4n) is 1.25. The van der Waals surface area contributed by atoms with E-state index in [1.807, 2.05) is 0 Å². The Morgan fingerprint density at radius 2 is 1.39 bits per heavy atom. The van der Waals surface area contributed by atoms with E-state index in [2.05, 4.69) is 11.9 Å². The SMILES string of the molecule is C=CCNc1cc(C(F)(F)F)cc(C(F)(F)F)c1. The van der Waals surface area contributed by atoms with Crippen LogP contribution in [0.15, 0.2) is 30.9 Å². The lowest BCUT2D eigenvalue weighted by atomic mass is 10.1. The van der Waals surface area contributed by atoms with Crippen molar-refractivity contribution < 1.29 is 26.3 Å². The second-order valence-electron chi connectivity index (χ2n) is 3.46. The van der Waals surface area contributed by atoms with Crippen LogP contribution in [-0.4, -0.2) is 6.54 Å². The molecule has 1 aromatic carbocycles. The molecule has 0 amide bonds. The van der Waals surface area contributed by atoms with Gasteiger partial charge in [-0.2, -0.15) is 26.3 Å². The maximum Gasteiger partial charge on any atom is 0.416 e. The highest BCUT2D eigenvalue weighted by atomic mass is 19.4. The van der Waals surface area contributed by atoms with Crippen molar-refractivity contribution in [3.8, 4) is 0 Å². The van der Waals surface area contributed by atoms with Crippen LogP contribution >= 0.6 is 0 Å². The van der Waals surface area contributed by atoms with Gasteiger partial charge >= 0.3 is 12.4 Å². The van der Waals surface area contributed by atoms with Gasteiger partial charge in [0.15, 0.2) is 0 Å². The summed E-state index contributed by atoms with van der Waals surface area (Å²) in [5, 5.41) is 2.40. The maximum absolute atomic E-state index is 12.4. The van der Waals surface area contributed by atoms with Gasteiger partial charge in [0, 0.05) is 12.2 Å². The van der Waals surface area contributed by atoms with Crippen LogP contribution in [0.4, 0.5) is 32.0 Å². The lowest BCUT2D eigenvalue weighted by molar-refractivity contribution is -0.143. The van der Waals surface area contributed by atoms with Crippen LogP contribution in [0.3, 0.4) is 0 Å². The molecule has 18 heavy (non-hydrogen) atoms. The summed E-state index contributed by atoms with van der Waals surface area (Å²) in [6, 6.07) is 1.33. The van der Waals surface area contributed by atoms with E-state index in [9.17, 15) is 26.3 Å². The minimum atomic E-state index is -4.83. The monoisotopic (exact) mass is 269 g/mol. The molecular weight excluding hydrogens is 260 g/mol. The Morgan fingerprint density at radius 3 is 1.72 bits per heavy atom. The van der Waals surface area contributed by atoms with Crippen molar-refractivity contribution in [1.82, 2.24) is 0 Å². The molecule has 0 heterocycles. The molecule has 1 aromatic rings. The highest BCUT2D eigenvalue weighted by Gasteiger charge is 2.36. The molecule has 0 radical (unpaired) electrons. The first-order valence-corrected chi connectivity index (χ1v) is 4.79. The average Bonchev–Trinajstić information content (AvgIpc) is 2.23. The quantitative estimate of drug-likeness (QED) is 0.636. The fraction of sp³-hybridized carbons (Fsp3) is 0.273. The van der Waals surface area contributed by atoms with Crippen molar-refractivity contribution >= 4 is 5.69 Å². The molecule has 7 heteroatoms. The molecule has 0 aromatic heterocycles. The molecule has 1 nitrogen and oxygen atoms in total. The molecule has 1 N–H and O–H groups in total. The first-order chi connectivity index (χ1) is 8.14. The van der Waals surface area contributed by atoms with Gasteiger partial charge in [0.25, 0.3) is 0 Å². The Balaban J connectivity index is 3.24. The normalized spacial score (nSPS) is 12.3. The zero-order chi connectivity index (χ0) is 14.0.